The van der Waals surface area contributed by atoms with Crippen LogP contribution in [-0.2, 0) is 17.2 Å². The molecule has 0 aliphatic carbocycles. The van der Waals surface area contributed by atoms with E-state index in [-0.39, 0.29) is 5.56 Å². The number of anilines is 1. The Balaban J connectivity index is 1.85. The van der Waals surface area contributed by atoms with E-state index in [0.717, 1.165) is 55.3 Å². The van der Waals surface area contributed by atoms with Gasteiger partial charge in [0.25, 0.3) is 5.92 Å². The fourth-order valence-corrected chi connectivity index (χ4v) is 3.79. The fourth-order valence-electron chi connectivity index (χ4n) is 3.79. The normalized spacial score (nSPS) is 20.7. The summed E-state index contributed by atoms with van der Waals surface area (Å²) in [5.41, 5.74) is 3.27. The van der Waals surface area contributed by atoms with Crippen LogP contribution in [0.3, 0.4) is 0 Å². The van der Waals surface area contributed by atoms with Crippen LogP contribution in [-0.4, -0.2) is 30.7 Å². The second kappa shape index (κ2) is 6.81. The third kappa shape index (κ3) is 3.33. The zero-order chi connectivity index (χ0) is 17.3. The number of halogens is 2. The Bertz CT molecular complexity index is 635. The van der Waals surface area contributed by atoms with Crippen molar-refractivity contribution in [1.82, 2.24) is 4.90 Å². The predicted molar refractivity (Wildman–Crippen MR) is 92.5 cm³/mol. The molecular formula is C19H26F2N2O. The van der Waals surface area contributed by atoms with Crippen LogP contribution in [0.2, 0.25) is 0 Å². The van der Waals surface area contributed by atoms with Crippen molar-refractivity contribution in [2.75, 3.05) is 25.0 Å². The second-order valence-electron chi connectivity index (χ2n) is 6.77. The summed E-state index contributed by atoms with van der Waals surface area (Å²) in [6.45, 7) is 8.91. The van der Waals surface area contributed by atoms with E-state index in [1.165, 1.54) is 6.20 Å². The van der Waals surface area contributed by atoms with Gasteiger partial charge < -0.3 is 10.1 Å². The molecule has 3 nitrogen and oxygen atoms in total. The van der Waals surface area contributed by atoms with Crippen LogP contribution in [0.25, 0.3) is 0 Å². The molecular weight excluding hydrogens is 310 g/mol. The van der Waals surface area contributed by atoms with Gasteiger partial charge in [0.05, 0.1) is 17.4 Å². The summed E-state index contributed by atoms with van der Waals surface area (Å²) in [5, 5.41) is 3.02. The highest BCUT2D eigenvalue weighted by molar-refractivity contribution is 5.67. The van der Waals surface area contributed by atoms with Gasteiger partial charge in [0.1, 0.15) is 0 Å². The van der Waals surface area contributed by atoms with Crippen molar-refractivity contribution in [1.29, 1.82) is 0 Å². The maximum Gasteiger partial charge on any atom is 0.295 e. The lowest BCUT2D eigenvalue weighted by atomic mass is 9.90. The summed E-state index contributed by atoms with van der Waals surface area (Å²) >= 11 is 0. The molecule has 0 spiro atoms. The number of fused-ring (bicyclic) bond motifs is 1. The van der Waals surface area contributed by atoms with Crippen molar-refractivity contribution < 1.29 is 13.5 Å². The van der Waals surface area contributed by atoms with Crippen molar-refractivity contribution in [2.45, 2.75) is 52.2 Å². The predicted octanol–water partition coefficient (Wildman–Crippen LogP) is 4.34. The molecule has 2 aliphatic heterocycles. The number of likely N-dealkylation sites (tertiary alicyclic amines) is 1. The first-order valence-electron chi connectivity index (χ1n) is 8.72. The number of ether oxygens (including phenoxy) is 1. The molecule has 1 fully saturated rings. The molecule has 1 aromatic rings. The molecule has 0 amide bonds. The average molecular weight is 336 g/mol. The zero-order valence-electron chi connectivity index (χ0n) is 14.7. The molecule has 0 atom stereocenters. The quantitative estimate of drug-likeness (QED) is 0.885. The summed E-state index contributed by atoms with van der Waals surface area (Å²) in [7, 11) is 0. The van der Waals surface area contributed by atoms with Gasteiger partial charge in [0.2, 0.25) is 0 Å². The van der Waals surface area contributed by atoms with Crippen LogP contribution < -0.4 is 5.32 Å². The Morgan fingerprint density at radius 3 is 2.62 bits per heavy atom. The van der Waals surface area contributed by atoms with Gasteiger partial charge in [0, 0.05) is 38.5 Å². The van der Waals surface area contributed by atoms with E-state index in [4.69, 9.17) is 4.74 Å². The lowest BCUT2D eigenvalue weighted by Crippen LogP contribution is -2.37. The van der Waals surface area contributed by atoms with Crippen LogP contribution in [0.1, 0.15) is 42.0 Å². The SMILES string of the molecule is CCOC1CCN(Cc2c(C)cc(C)c3c2C(F)(F)C=CN3)CC1. The standard InChI is InChI=1S/C19H26F2N2O/c1-4-24-15-5-9-23(10-6-15)12-16-13(2)11-14(3)18-17(16)19(20,21)7-8-22-18/h7-8,11,15,22H,4-6,9-10,12H2,1-3H3. The van der Waals surface area contributed by atoms with Gasteiger partial charge in [-0.1, -0.05) is 6.07 Å². The minimum atomic E-state index is -2.92. The van der Waals surface area contributed by atoms with Gasteiger partial charge in [-0.25, -0.2) is 0 Å². The van der Waals surface area contributed by atoms with Crippen molar-refractivity contribution in [3.05, 3.63) is 40.6 Å². The number of benzene rings is 1. The third-order valence-electron chi connectivity index (χ3n) is 5.03. The van der Waals surface area contributed by atoms with Gasteiger partial charge in [-0.3, -0.25) is 4.90 Å². The lowest BCUT2D eigenvalue weighted by Gasteiger charge is -2.34. The van der Waals surface area contributed by atoms with E-state index >= 15 is 0 Å². The van der Waals surface area contributed by atoms with Gasteiger partial charge in [-0.15, -0.1) is 0 Å². The van der Waals surface area contributed by atoms with Crippen LogP contribution in [0.5, 0.6) is 0 Å². The van der Waals surface area contributed by atoms with E-state index in [1.807, 2.05) is 26.8 Å². The summed E-state index contributed by atoms with van der Waals surface area (Å²) in [4.78, 5) is 2.27. The molecule has 0 unspecified atom stereocenters. The molecule has 0 saturated carbocycles. The molecule has 132 valence electrons. The average Bonchev–Trinajstić information content (AvgIpc) is 2.53. The van der Waals surface area contributed by atoms with Gasteiger partial charge in [0.15, 0.2) is 0 Å². The zero-order valence-corrected chi connectivity index (χ0v) is 14.7. The second-order valence-corrected chi connectivity index (χ2v) is 6.77. The largest absolute Gasteiger partial charge is 0.378 e. The van der Waals surface area contributed by atoms with Crippen molar-refractivity contribution in [3.8, 4) is 0 Å². The molecule has 1 N–H and O–H groups in total. The Labute approximate surface area is 142 Å². The smallest absolute Gasteiger partial charge is 0.295 e. The maximum atomic E-state index is 14.6. The number of nitrogens with zero attached hydrogens (tertiary/aromatic N) is 1. The van der Waals surface area contributed by atoms with Crippen LogP contribution in [0, 0.1) is 13.8 Å². The fraction of sp³-hybridized carbons (Fsp3) is 0.579. The Morgan fingerprint density at radius 2 is 1.96 bits per heavy atom. The molecule has 3 rings (SSSR count). The molecule has 1 aromatic carbocycles. The van der Waals surface area contributed by atoms with Gasteiger partial charge in [-0.05, 0) is 50.3 Å². The van der Waals surface area contributed by atoms with E-state index in [2.05, 4.69) is 10.2 Å². The van der Waals surface area contributed by atoms with E-state index in [1.54, 1.807) is 0 Å². The first kappa shape index (κ1) is 17.4. The minimum absolute atomic E-state index is 0.148. The topological polar surface area (TPSA) is 24.5 Å². The Morgan fingerprint density at radius 1 is 1.25 bits per heavy atom. The van der Waals surface area contributed by atoms with E-state index in [0.29, 0.717) is 18.3 Å². The Hall–Kier alpha value is -1.46. The number of hydrogen-bond donors (Lipinski definition) is 1. The number of hydrogen-bond acceptors (Lipinski definition) is 3. The summed E-state index contributed by atoms with van der Waals surface area (Å²) < 4.78 is 34.8. The Kier molecular flexibility index (Phi) is 4.92. The molecule has 1 saturated heterocycles. The summed E-state index contributed by atoms with van der Waals surface area (Å²) in [6.07, 6.45) is 4.55. The van der Waals surface area contributed by atoms with Crippen LogP contribution >= 0.6 is 0 Å². The molecule has 0 radical (unpaired) electrons. The molecule has 5 heteroatoms. The van der Waals surface area contributed by atoms with Crippen LogP contribution in [0.4, 0.5) is 14.5 Å². The van der Waals surface area contributed by atoms with Gasteiger partial charge >= 0.3 is 0 Å². The monoisotopic (exact) mass is 336 g/mol. The number of alkyl halides is 2. The summed E-state index contributed by atoms with van der Waals surface area (Å²) in [6, 6.07) is 2.00. The van der Waals surface area contributed by atoms with Crippen molar-refractivity contribution in [3.63, 3.8) is 0 Å². The molecule has 2 aliphatic rings. The number of aryl methyl sites for hydroxylation is 2. The number of nitrogens with one attached hydrogen (secondary N) is 1. The highest BCUT2D eigenvalue weighted by atomic mass is 19.3. The minimum Gasteiger partial charge on any atom is -0.378 e. The van der Waals surface area contributed by atoms with E-state index in [9.17, 15) is 8.78 Å². The third-order valence-corrected chi connectivity index (χ3v) is 5.03. The number of allylic oxidation sites excluding steroid dienone is 1. The molecule has 2 heterocycles. The first-order chi connectivity index (χ1) is 11.4. The highest BCUT2D eigenvalue weighted by Gasteiger charge is 2.37. The van der Waals surface area contributed by atoms with Gasteiger partial charge in [-0.2, -0.15) is 8.78 Å². The highest BCUT2D eigenvalue weighted by Crippen LogP contribution is 2.43. The lowest BCUT2D eigenvalue weighted by molar-refractivity contribution is 0.0114. The maximum absolute atomic E-state index is 14.6. The molecule has 0 aromatic heterocycles. The van der Waals surface area contributed by atoms with E-state index < -0.39 is 5.92 Å². The number of rotatable bonds is 4. The van der Waals surface area contributed by atoms with Crippen LogP contribution in [0.15, 0.2) is 18.3 Å². The first-order valence-corrected chi connectivity index (χ1v) is 8.72. The van der Waals surface area contributed by atoms with Crippen molar-refractivity contribution in [2.24, 2.45) is 0 Å². The number of piperidine rings is 1. The van der Waals surface area contributed by atoms with Crippen molar-refractivity contribution >= 4 is 5.69 Å². The summed E-state index contributed by atoms with van der Waals surface area (Å²) in [5.74, 6) is -2.92. The molecule has 24 heavy (non-hydrogen) atoms. The molecule has 0 bridgehead atoms.